The number of carboxylic acid groups (broad SMARTS) is 2. The summed E-state index contributed by atoms with van der Waals surface area (Å²) < 4.78 is 5.99. The van der Waals surface area contributed by atoms with Crippen LogP contribution in [0.15, 0.2) is 11.6 Å². The first-order chi connectivity index (χ1) is 18.4. The number of hydrogen-bond acceptors (Lipinski definition) is 4. The van der Waals surface area contributed by atoms with E-state index >= 15 is 0 Å². The molecule has 0 saturated heterocycles. The number of fused-ring (bicyclic) bond motifs is 7. The number of carbonyl (C=O) groups excluding carboxylic acids is 1. The van der Waals surface area contributed by atoms with Crippen molar-refractivity contribution in [2.75, 3.05) is 0 Å². The highest BCUT2D eigenvalue weighted by atomic mass is 16.5. The summed E-state index contributed by atoms with van der Waals surface area (Å²) in [7, 11) is 0. The van der Waals surface area contributed by atoms with Crippen LogP contribution in [0.25, 0.3) is 0 Å². The van der Waals surface area contributed by atoms with Crippen molar-refractivity contribution < 1.29 is 29.3 Å². The summed E-state index contributed by atoms with van der Waals surface area (Å²) in [5, 5.41) is 19.6. The Bertz CT molecular complexity index is 1120. The Kier molecular flexibility index (Phi) is 6.91. The molecule has 0 radical (unpaired) electrons. The third kappa shape index (κ3) is 4.28. The molecule has 5 aliphatic carbocycles. The van der Waals surface area contributed by atoms with Gasteiger partial charge in [0.15, 0.2) is 0 Å². The highest BCUT2D eigenvalue weighted by molar-refractivity contribution is 5.77. The maximum Gasteiger partial charge on any atom is 0.310 e. The molecule has 4 fully saturated rings. The number of carboxylic acids is 2. The lowest BCUT2D eigenvalue weighted by Gasteiger charge is -2.71. The van der Waals surface area contributed by atoms with E-state index in [1.807, 2.05) is 0 Å². The molecule has 6 heteroatoms. The minimum absolute atomic E-state index is 0.00932. The van der Waals surface area contributed by atoms with E-state index in [0.29, 0.717) is 11.8 Å². The van der Waals surface area contributed by atoms with Crippen molar-refractivity contribution in [3.8, 4) is 0 Å². The molecule has 6 nitrogen and oxygen atoms in total. The van der Waals surface area contributed by atoms with E-state index in [9.17, 15) is 19.5 Å². The zero-order chi connectivity index (χ0) is 29.5. The molecule has 0 aromatic carbocycles. The molecule has 5 aliphatic rings. The Morgan fingerprint density at radius 1 is 0.850 bits per heavy atom. The van der Waals surface area contributed by atoms with Crippen LogP contribution >= 0.6 is 0 Å². The molecule has 0 aromatic heterocycles. The maximum atomic E-state index is 12.9. The van der Waals surface area contributed by atoms with E-state index < -0.39 is 23.3 Å². The van der Waals surface area contributed by atoms with Gasteiger partial charge in [-0.05, 0) is 109 Å². The fourth-order valence-corrected chi connectivity index (χ4v) is 11.4. The molecule has 8 atom stereocenters. The highest BCUT2D eigenvalue weighted by Crippen LogP contribution is 2.75. The van der Waals surface area contributed by atoms with Crippen molar-refractivity contribution >= 4 is 17.9 Å². The zero-order valence-corrected chi connectivity index (χ0v) is 25.9. The van der Waals surface area contributed by atoms with Crippen LogP contribution in [0.4, 0.5) is 0 Å². The molecule has 0 heterocycles. The summed E-state index contributed by atoms with van der Waals surface area (Å²) in [6.07, 6.45) is 11.2. The van der Waals surface area contributed by atoms with Crippen molar-refractivity contribution in [1.82, 2.24) is 0 Å². The maximum absolute atomic E-state index is 12.9. The number of allylic oxidation sites excluding steroid dienone is 2. The van der Waals surface area contributed by atoms with Crippen molar-refractivity contribution in [3.05, 3.63) is 11.6 Å². The van der Waals surface area contributed by atoms with Gasteiger partial charge in [0.25, 0.3) is 0 Å². The number of esters is 1. The van der Waals surface area contributed by atoms with Crippen molar-refractivity contribution in [1.29, 1.82) is 0 Å². The molecule has 5 rings (SSSR count). The molecule has 0 bridgehead atoms. The Hall–Kier alpha value is -1.85. The molecular formula is C34H52O6. The van der Waals surface area contributed by atoms with E-state index in [-0.39, 0.29) is 51.9 Å². The van der Waals surface area contributed by atoms with Gasteiger partial charge in [-0.1, -0.05) is 60.1 Å². The summed E-state index contributed by atoms with van der Waals surface area (Å²) >= 11 is 0. The second kappa shape index (κ2) is 9.33. The van der Waals surface area contributed by atoms with Crippen LogP contribution in [0.5, 0.6) is 0 Å². The van der Waals surface area contributed by atoms with Gasteiger partial charge in [0.2, 0.25) is 0 Å². The minimum atomic E-state index is -0.977. The number of rotatable bonds is 5. The van der Waals surface area contributed by atoms with Gasteiger partial charge in [-0.3, -0.25) is 14.4 Å². The quantitative estimate of drug-likeness (QED) is 0.266. The predicted octanol–water partition coefficient (Wildman–Crippen LogP) is 7.65. The van der Waals surface area contributed by atoms with Crippen molar-refractivity contribution in [2.24, 2.45) is 50.2 Å². The van der Waals surface area contributed by atoms with Crippen LogP contribution in [0.2, 0.25) is 0 Å². The van der Waals surface area contributed by atoms with Gasteiger partial charge in [0, 0.05) is 0 Å². The van der Waals surface area contributed by atoms with Gasteiger partial charge < -0.3 is 14.9 Å². The summed E-state index contributed by atoms with van der Waals surface area (Å²) in [6, 6.07) is 0. The first-order valence-electron chi connectivity index (χ1n) is 15.8. The van der Waals surface area contributed by atoms with Gasteiger partial charge >= 0.3 is 17.9 Å². The average molecular weight is 557 g/mol. The first kappa shape index (κ1) is 29.6. The number of carbonyl (C=O) groups is 3. The van der Waals surface area contributed by atoms with Gasteiger partial charge in [-0.15, -0.1) is 0 Å². The second-order valence-corrected chi connectivity index (χ2v) is 16.6. The number of hydrogen-bond donors (Lipinski definition) is 2. The topological polar surface area (TPSA) is 101 Å². The molecule has 40 heavy (non-hydrogen) atoms. The van der Waals surface area contributed by atoms with Crippen LogP contribution in [-0.4, -0.2) is 34.2 Å². The first-order valence-corrected chi connectivity index (χ1v) is 15.8. The van der Waals surface area contributed by atoms with Crippen LogP contribution in [0.3, 0.4) is 0 Å². The summed E-state index contributed by atoms with van der Waals surface area (Å²) in [6.45, 7) is 16.7. The van der Waals surface area contributed by atoms with Crippen LogP contribution in [0.1, 0.15) is 126 Å². The summed E-state index contributed by atoms with van der Waals surface area (Å²) in [5.74, 6) is -0.947. The normalized spacial score (nSPS) is 45.0. The third-order valence-electron chi connectivity index (χ3n) is 13.5. The zero-order valence-electron chi connectivity index (χ0n) is 25.9. The number of ether oxygens (including phenoxy) is 1. The Morgan fingerprint density at radius 3 is 2.17 bits per heavy atom. The van der Waals surface area contributed by atoms with E-state index in [1.165, 1.54) is 5.57 Å². The molecule has 2 N–H and O–H groups in total. The molecule has 0 amide bonds. The van der Waals surface area contributed by atoms with Gasteiger partial charge in [0.1, 0.15) is 6.10 Å². The lowest BCUT2D eigenvalue weighted by molar-refractivity contribution is -0.207. The Balaban J connectivity index is 1.50. The molecule has 0 unspecified atom stereocenters. The largest absolute Gasteiger partial charge is 0.481 e. The van der Waals surface area contributed by atoms with Crippen molar-refractivity contribution in [2.45, 2.75) is 132 Å². The SMILES string of the molecule is CC1(C)CC[C@]2(C(=O)O)CC[C@]3(C)C(=CC[C@@H]4[C@@]5(C)C[C@H](OC(=O)CCC(=O)O)CC(C)(C)[C@@H]5CC[C@]43C)[C@@H]2C1. The van der Waals surface area contributed by atoms with E-state index in [2.05, 4.69) is 54.5 Å². The van der Waals surface area contributed by atoms with Crippen LogP contribution in [-0.2, 0) is 19.1 Å². The predicted molar refractivity (Wildman–Crippen MR) is 153 cm³/mol. The standard InChI is InChI=1S/C34H52O6/c1-29(2)14-16-34(28(38)39)17-15-32(6)22(23(34)20-29)8-9-25-31(5)19-21(40-27(37)11-10-26(35)36)18-30(3,4)24(31)12-13-33(25,32)7/h8,21,23-25H,9-20H2,1-7H3,(H,35,36)(H,38,39)/t21-,23+,24+,25-,31+,32-,33-,34+/m1/s1. The molecule has 0 spiro atoms. The Morgan fingerprint density at radius 2 is 1.52 bits per heavy atom. The highest BCUT2D eigenvalue weighted by Gasteiger charge is 2.69. The second-order valence-electron chi connectivity index (χ2n) is 16.6. The fraction of sp³-hybridized carbons (Fsp3) is 0.853. The third-order valence-corrected chi connectivity index (χ3v) is 13.5. The van der Waals surface area contributed by atoms with Gasteiger partial charge in [0.05, 0.1) is 18.3 Å². The number of aliphatic carboxylic acids is 2. The van der Waals surface area contributed by atoms with E-state index in [4.69, 9.17) is 9.84 Å². The summed E-state index contributed by atoms with van der Waals surface area (Å²) in [4.78, 5) is 36.5. The van der Waals surface area contributed by atoms with E-state index in [0.717, 1.165) is 64.2 Å². The smallest absolute Gasteiger partial charge is 0.310 e. The molecule has 0 aliphatic heterocycles. The molecule has 0 aromatic rings. The Labute approximate surface area is 240 Å². The lowest BCUT2D eigenvalue weighted by atomic mass is 9.33. The average Bonchev–Trinajstić information content (AvgIpc) is 2.81. The molecule has 224 valence electrons. The minimum Gasteiger partial charge on any atom is -0.481 e. The lowest BCUT2D eigenvalue weighted by Crippen LogP contribution is -2.64. The fourth-order valence-electron chi connectivity index (χ4n) is 11.4. The van der Waals surface area contributed by atoms with Gasteiger partial charge in [-0.2, -0.15) is 0 Å². The van der Waals surface area contributed by atoms with Crippen LogP contribution < -0.4 is 0 Å². The monoisotopic (exact) mass is 556 g/mol. The molecule has 4 saturated carbocycles. The molecular weight excluding hydrogens is 504 g/mol. The van der Waals surface area contributed by atoms with Crippen LogP contribution in [0, 0.1) is 50.2 Å². The van der Waals surface area contributed by atoms with Crippen molar-refractivity contribution in [3.63, 3.8) is 0 Å². The van der Waals surface area contributed by atoms with E-state index in [1.54, 1.807) is 0 Å². The van der Waals surface area contributed by atoms with Gasteiger partial charge in [-0.25, -0.2) is 0 Å². The summed E-state index contributed by atoms with van der Waals surface area (Å²) in [5.41, 5.74) is 0.931.